The molecular weight excluding hydrogens is 292 g/mol. The average Bonchev–Trinajstić information content (AvgIpc) is 2.51. The van der Waals surface area contributed by atoms with Crippen LogP contribution in [0.3, 0.4) is 0 Å². The summed E-state index contributed by atoms with van der Waals surface area (Å²) in [5, 5.41) is 18.7. The highest BCUT2D eigenvalue weighted by Gasteiger charge is 2.22. The lowest BCUT2D eigenvalue weighted by Crippen LogP contribution is -2.15. The van der Waals surface area contributed by atoms with Crippen LogP contribution in [0.25, 0.3) is 0 Å². The molecule has 7 nitrogen and oxygen atoms in total. The van der Waals surface area contributed by atoms with Crippen molar-refractivity contribution >= 4 is 17.9 Å². The summed E-state index contributed by atoms with van der Waals surface area (Å²) < 4.78 is 9.36. The molecule has 22 heavy (non-hydrogen) atoms. The Hall–Kier alpha value is -2.41. The SMILES string of the molecule is CCOC(=O)c1ccc(CCC(=O)OC)c(C(O)C(=O)O)c1. The van der Waals surface area contributed by atoms with E-state index in [2.05, 4.69) is 4.74 Å². The molecule has 0 fully saturated rings. The Labute approximate surface area is 127 Å². The first-order valence-corrected chi connectivity index (χ1v) is 6.68. The highest BCUT2D eigenvalue weighted by molar-refractivity contribution is 5.90. The van der Waals surface area contributed by atoms with Gasteiger partial charge in [0.25, 0.3) is 0 Å². The Balaban J connectivity index is 3.12. The summed E-state index contributed by atoms with van der Waals surface area (Å²) in [5.74, 6) is -2.51. The van der Waals surface area contributed by atoms with Crippen LogP contribution < -0.4 is 0 Å². The molecule has 0 saturated heterocycles. The quantitative estimate of drug-likeness (QED) is 0.725. The molecule has 0 bridgehead atoms. The van der Waals surface area contributed by atoms with Crippen molar-refractivity contribution in [3.8, 4) is 0 Å². The Morgan fingerprint density at radius 2 is 1.95 bits per heavy atom. The Morgan fingerprint density at radius 1 is 1.27 bits per heavy atom. The van der Waals surface area contributed by atoms with Crippen LogP contribution in [0.1, 0.15) is 40.9 Å². The molecule has 0 aliphatic heterocycles. The summed E-state index contributed by atoms with van der Waals surface area (Å²) in [6.45, 7) is 1.83. The molecule has 1 aromatic carbocycles. The largest absolute Gasteiger partial charge is 0.479 e. The molecule has 0 aliphatic carbocycles. The molecule has 0 saturated carbocycles. The summed E-state index contributed by atoms with van der Waals surface area (Å²) in [7, 11) is 1.25. The second-order valence-electron chi connectivity index (χ2n) is 4.45. The minimum absolute atomic E-state index is 0.0363. The number of benzene rings is 1. The fourth-order valence-corrected chi connectivity index (χ4v) is 1.89. The Bertz CT molecular complexity index is 565. The van der Waals surface area contributed by atoms with Crippen molar-refractivity contribution in [2.75, 3.05) is 13.7 Å². The van der Waals surface area contributed by atoms with Gasteiger partial charge in [0.1, 0.15) is 0 Å². The predicted molar refractivity (Wildman–Crippen MR) is 75.3 cm³/mol. The van der Waals surface area contributed by atoms with E-state index >= 15 is 0 Å². The van der Waals surface area contributed by atoms with E-state index in [1.807, 2.05) is 0 Å². The molecule has 1 aromatic rings. The maximum Gasteiger partial charge on any atom is 0.338 e. The first kappa shape index (κ1) is 17.6. The summed E-state index contributed by atoms with van der Waals surface area (Å²) in [5.41, 5.74) is 0.647. The van der Waals surface area contributed by atoms with Gasteiger partial charge >= 0.3 is 17.9 Å². The van der Waals surface area contributed by atoms with Crippen molar-refractivity contribution in [2.24, 2.45) is 0 Å². The number of aliphatic hydroxyl groups excluding tert-OH is 1. The van der Waals surface area contributed by atoms with Crippen molar-refractivity contribution in [3.63, 3.8) is 0 Å². The van der Waals surface area contributed by atoms with Gasteiger partial charge < -0.3 is 19.7 Å². The number of esters is 2. The van der Waals surface area contributed by atoms with E-state index in [1.54, 1.807) is 6.92 Å². The number of ether oxygens (including phenoxy) is 2. The van der Waals surface area contributed by atoms with Crippen LogP contribution in [0.5, 0.6) is 0 Å². The van der Waals surface area contributed by atoms with Gasteiger partial charge in [-0.3, -0.25) is 4.79 Å². The van der Waals surface area contributed by atoms with Crippen LogP contribution in [-0.4, -0.2) is 41.8 Å². The van der Waals surface area contributed by atoms with Crippen LogP contribution in [0.15, 0.2) is 18.2 Å². The number of carboxylic acid groups (broad SMARTS) is 1. The maximum absolute atomic E-state index is 11.7. The Morgan fingerprint density at radius 3 is 2.50 bits per heavy atom. The van der Waals surface area contributed by atoms with Gasteiger partial charge in [-0.2, -0.15) is 0 Å². The van der Waals surface area contributed by atoms with E-state index in [9.17, 15) is 19.5 Å². The smallest absolute Gasteiger partial charge is 0.338 e. The third-order valence-electron chi connectivity index (χ3n) is 3.01. The number of rotatable bonds is 7. The lowest BCUT2D eigenvalue weighted by molar-refractivity contribution is -0.147. The minimum Gasteiger partial charge on any atom is -0.479 e. The lowest BCUT2D eigenvalue weighted by atomic mass is 9.96. The monoisotopic (exact) mass is 310 g/mol. The summed E-state index contributed by atoms with van der Waals surface area (Å²) in [6.07, 6.45) is -1.56. The number of carbonyl (C=O) groups excluding carboxylic acids is 2. The number of carboxylic acids is 1. The highest BCUT2D eigenvalue weighted by atomic mass is 16.5. The molecule has 1 atom stereocenters. The van der Waals surface area contributed by atoms with Crippen molar-refractivity contribution < 1.29 is 34.1 Å². The molecular formula is C15H18O7. The Kier molecular flexibility index (Phi) is 6.52. The van der Waals surface area contributed by atoms with Gasteiger partial charge in [0, 0.05) is 6.42 Å². The van der Waals surface area contributed by atoms with E-state index in [-0.39, 0.29) is 30.6 Å². The van der Waals surface area contributed by atoms with Crippen molar-refractivity contribution in [1.29, 1.82) is 0 Å². The fraction of sp³-hybridized carbons (Fsp3) is 0.400. The van der Waals surface area contributed by atoms with Crippen LogP contribution in [0.2, 0.25) is 0 Å². The molecule has 0 heterocycles. The average molecular weight is 310 g/mol. The van der Waals surface area contributed by atoms with Gasteiger partial charge in [-0.05, 0) is 36.6 Å². The van der Waals surface area contributed by atoms with E-state index < -0.39 is 24.0 Å². The number of carbonyl (C=O) groups is 3. The van der Waals surface area contributed by atoms with Crippen molar-refractivity contribution in [1.82, 2.24) is 0 Å². The number of aliphatic carboxylic acids is 1. The molecule has 1 rings (SSSR count). The van der Waals surface area contributed by atoms with Crippen molar-refractivity contribution in [3.05, 3.63) is 34.9 Å². The lowest BCUT2D eigenvalue weighted by Gasteiger charge is -2.14. The number of aliphatic hydroxyl groups is 1. The van der Waals surface area contributed by atoms with Gasteiger partial charge in [0.05, 0.1) is 19.3 Å². The third-order valence-corrected chi connectivity index (χ3v) is 3.01. The zero-order chi connectivity index (χ0) is 16.7. The molecule has 0 aromatic heterocycles. The number of aryl methyl sites for hydroxylation is 1. The second-order valence-corrected chi connectivity index (χ2v) is 4.45. The molecule has 120 valence electrons. The molecule has 0 radical (unpaired) electrons. The molecule has 1 unspecified atom stereocenters. The zero-order valence-corrected chi connectivity index (χ0v) is 12.4. The maximum atomic E-state index is 11.7. The molecule has 0 aliphatic rings. The minimum atomic E-state index is -1.79. The van der Waals surface area contributed by atoms with E-state index in [4.69, 9.17) is 9.84 Å². The van der Waals surface area contributed by atoms with Gasteiger partial charge in [-0.25, -0.2) is 9.59 Å². The normalized spacial score (nSPS) is 11.6. The third kappa shape index (κ3) is 4.56. The summed E-state index contributed by atoms with van der Waals surface area (Å²) >= 11 is 0. The van der Waals surface area contributed by atoms with Crippen LogP contribution in [0.4, 0.5) is 0 Å². The van der Waals surface area contributed by atoms with Gasteiger partial charge in [0.15, 0.2) is 6.10 Å². The van der Waals surface area contributed by atoms with Gasteiger partial charge in [-0.1, -0.05) is 6.07 Å². The van der Waals surface area contributed by atoms with E-state index in [0.717, 1.165) is 0 Å². The summed E-state index contributed by atoms with van der Waals surface area (Å²) in [4.78, 5) is 33.9. The van der Waals surface area contributed by atoms with Crippen LogP contribution in [-0.2, 0) is 25.5 Å². The first-order chi connectivity index (χ1) is 10.4. The van der Waals surface area contributed by atoms with E-state index in [1.165, 1.54) is 25.3 Å². The zero-order valence-electron chi connectivity index (χ0n) is 12.4. The van der Waals surface area contributed by atoms with E-state index in [0.29, 0.717) is 5.56 Å². The second kappa shape index (κ2) is 8.14. The van der Waals surface area contributed by atoms with Gasteiger partial charge in [0.2, 0.25) is 0 Å². The van der Waals surface area contributed by atoms with Crippen LogP contribution >= 0.6 is 0 Å². The predicted octanol–water partition coefficient (Wildman–Crippen LogP) is 1.09. The van der Waals surface area contributed by atoms with Gasteiger partial charge in [-0.15, -0.1) is 0 Å². The number of hydrogen-bond donors (Lipinski definition) is 2. The topological polar surface area (TPSA) is 110 Å². The summed E-state index contributed by atoms with van der Waals surface area (Å²) in [6, 6.07) is 4.22. The highest BCUT2D eigenvalue weighted by Crippen LogP contribution is 2.22. The number of hydrogen-bond acceptors (Lipinski definition) is 6. The number of methoxy groups -OCH3 is 1. The molecule has 7 heteroatoms. The standard InChI is InChI=1S/C15H18O7/c1-3-22-15(20)10-5-4-9(6-7-12(16)21-2)11(8-10)13(17)14(18)19/h4-5,8,13,17H,3,6-7H2,1-2H3,(H,18,19). The fourth-order valence-electron chi connectivity index (χ4n) is 1.89. The molecule has 0 spiro atoms. The van der Waals surface area contributed by atoms with Crippen molar-refractivity contribution in [2.45, 2.75) is 25.9 Å². The molecule has 2 N–H and O–H groups in total. The van der Waals surface area contributed by atoms with Crippen LogP contribution in [0, 0.1) is 0 Å². The first-order valence-electron chi connectivity index (χ1n) is 6.68. The molecule has 0 amide bonds.